The predicted octanol–water partition coefficient (Wildman–Crippen LogP) is 12.0. The molecule has 3 heterocycles. The second-order valence-electron chi connectivity index (χ2n) is 12.4. The summed E-state index contributed by atoms with van der Waals surface area (Å²) < 4.78 is 12.8. The van der Waals surface area contributed by atoms with Crippen molar-refractivity contribution in [1.29, 1.82) is 0 Å². The first kappa shape index (κ1) is 28.2. The number of rotatable bonds is 5. The van der Waals surface area contributed by atoms with Gasteiger partial charge in [-0.15, -0.1) is 0 Å². The van der Waals surface area contributed by atoms with Gasteiger partial charge in [-0.2, -0.15) is 0 Å². The second-order valence-corrected chi connectivity index (χ2v) is 12.4. The molecule has 0 amide bonds. The summed E-state index contributed by atoms with van der Waals surface area (Å²) in [6.45, 7) is 0. The Hall–Kier alpha value is -6.85. The van der Waals surface area contributed by atoms with E-state index in [1.54, 1.807) is 0 Å². The molecular formula is C45H27N3O2. The van der Waals surface area contributed by atoms with Crippen molar-refractivity contribution < 1.29 is 8.83 Å². The lowest BCUT2D eigenvalue weighted by molar-refractivity contribution is 0.669. The molecule has 0 atom stereocenters. The summed E-state index contributed by atoms with van der Waals surface area (Å²) >= 11 is 0. The highest BCUT2D eigenvalue weighted by Gasteiger charge is 2.20. The van der Waals surface area contributed by atoms with E-state index in [1.165, 1.54) is 5.56 Å². The van der Waals surface area contributed by atoms with E-state index in [2.05, 4.69) is 78.9 Å². The van der Waals surface area contributed by atoms with Crippen LogP contribution in [0.3, 0.4) is 0 Å². The SMILES string of the molecule is c1ccc(-c2ccc3oc4cccc(-c5ccc6oc7cccc(-c8nc(-c9ccccc9)nc(-c9ccccc9)n8)c7c6c5)c4c3c2)cc1. The van der Waals surface area contributed by atoms with E-state index < -0.39 is 0 Å². The van der Waals surface area contributed by atoms with Crippen molar-refractivity contribution in [2.24, 2.45) is 0 Å². The summed E-state index contributed by atoms with van der Waals surface area (Å²) in [7, 11) is 0. The van der Waals surface area contributed by atoms with Crippen molar-refractivity contribution >= 4 is 43.9 Å². The van der Waals surface area contributed by atoms with Crippen molar-refractivity contribution in [1.82, 2.24) is 15.0 Å². The minimum atomic E-state index is 0.591. The Bertz CT molecular complexity index is 2800. The average molecular weight is 642 g/mol. The molecule has 0 saturated carbocycles. The van der Waals surface area contributed by atoms with E-state index in [9.17, 15) is 0 Å². The molecule has 0 aliphatic heterocycles. The molecule has 10 rings (SSSR count). The molecule has 0 unspecified atom stereocenters. The zero-order chi connectivity index (χ0) is 33.0. The van der Waals surface area contributed by atoms with Crippen LogP contribution in [-0.4, -0.2) is 15.0 Å². The average Bonchev–Trinajstić information content (AvgIpc) is 3.76. The smallest absolute Gasteiger partial charge is 0.164 e. The topological polar surface area (TPSA) is 65.0 Å². The van der Waals surface area contributed by atoms with E-state index in [0.717, 1.165) is 77.3 Å². The minimum absolute atomic E-state index is 0.591. The second kappa shape index (κ2) is 11.4. The molecule has 234 valence electrons. The molecule has 0 bridgehead atoms. The maximum atomic E-state index is 6.45. The van der Waals surface area contributed by atoms with Gasteiger partial charge in [-0.3, -0.25) is 0 Å². The van der Waals surface area contributed by atoms with Crippen LogP contribution in [0.15, 0.2) is 173 Å². The van der Waals surface area contributed by atoms with Gasteiger partial charge >= 0.3 is 0 Å². The van der Waals surface area contributed by atoms with Crippen LogP contribution in [0.5, 0.6) is 0 Å². The van der Waals surface area contributed by atoms with Crippen molar-refractivity contribution in [2.75, 3.05) is 0 Å². The lowest BCUT2D eigenvalue weighted by Gasteiger charge is -2.09. The largest absolute Gasteiger partial charge is 0.456 e. The van der Waals surface area contributed by atoms with Crippen LogP contribution in [0, 0.1) is 0 Å². The standard InChI is InChI=1S/C45H27N3O2/c1-4-12-28(13-5-1)31-22-24-37-35(26-31)41-33(18-10-20-39(41)49-37)32-23-25-38-36(27-32)42-34(19-11-21-40(42)50-38)45-47-43(29-14-6-2-7-15-29)46-44(48-45)30-16-8-3-9-17-30/h1-27H. The van der Waals surface area contributed by atoms with Crippen LogP contribution in [0.2, 0.25) is 0 Å². The molecule has 0 saturated heterocycles. The molecule has 3 aromatic heterocycles. The Morgan fingerprint density at radius 2 is 0.760 bits per heavy atom. The van der Waals surface area contributed by atoms with Gasteiger partial charge in [0.25, 0.3) is 0 Å². The van der Waals surface area contributed by atoms with Crippen molar-refractivity contribution in [2.45, 2.75) is 0 Å². The lowest BCUT2D eigenvalue weighted by Crippen LogP contribution is -2.00. The van der Waals surface area contributed by atoms with Crippen LogP contribution >= 0.6 is 0 Å². The molecule has 0 fully saturated rings. The van der Waals surface area contributed by atoms with E-state index in [4.69, 9.17) is 23.8 Å². The predicted molar refractivity (Wildman–Crippen MR) is 202 cm³/mol. The van der Waals surface area contributed by atoms with Gasteiger partial charge in [0, 0.05) is 38.2 Å². The van der Waals surface area contributed by atoms with E-state index in [-0.39, 0.29) is 0 Å². The number of aromatic nitrogens is 3. The number of nitrogens with zero attached hydrogens (tertiary/aromatic N) is 3. The Morgan fingerprint density at radius 1 is 0.300 bits per heavy atom. The van der Waals surface area contributed by atoms with Crippen LogP contribution in [0.4, 0.5) is 0 Å². The first-order valence-electron chi connectivity index (χ1n) is 16.6. The van der Waals surface area contributed by atoms with E-state index >= 15 is 0 Å². The highest BCUT2D eigenvalue weighted by molar-refractivity contribution is 6.16. The summed E-state index contributed by atoms with van der Waals surface area (Å²) in [5.41, 5.74) is 10.5. The third kappa shape index (κ3) is 4.67. The number of hydrogen-bond acceptors (Lipinski definition) is 5. The molecule has 0 spiro atoms. The van der Waals surface area contributed by atoms with Crippen LogP contribution in [0.1, 0.15) is 0 Å². The maximum Gasteiger partial charge on any atom is 0.164 e. The Labute approximate surface area is 287 Å². The Morgan fingerprint density at radius 3 is 1.34 bits per heavy atom. The van der Waals surface area contributed by atoms with Crippen LogP contribution in [0.25, 0.3) is 100 Å². The van der Waals surface area contributed by atoms with Gasteiger partial charge in [0.1, 0.15) is 22.3 Å². The lowest BCUT2D eigenvalue weighted by atomic mass is 9.96. The fourth-order valence-electron chi connectivity index (χ4n) is 6.99. The highest BCUT2D eigenvalue weighted by Crippen LogP contribution is 2.42. The van der Waals surface area contributed by atoms with Gasteiger partial charge in [0.15, 0.2) is 17.5 Å². The monoisotopic (exact) mass is 641 g/mol. The molecule has 7 aromatic carbocycles. The van der Waals surface area contributed by atoms with Crippen molar-refractivity contribution in [3.63, 3.8) is 0 Å². The molecule has 0 aliphatic carbocycles. The summed E-state index contributed by atoms with van der Waals surface area (Å²) in [5.74, 6) is 1.83. The molecule has 5 nitrogen and oxygen atoms in total. The van der Waals surface area contributed by atoms with Gasteiger partial charge in [0.05, 0.1) is 0 Å². The fraction of sp³-hybridized carbons (Fsp3) is 0. The van der Waals surface area contributed by atoms with Gasteiger partial charge in [0.2, 0.25) is 0 Å². The third-order valence-corrected chi connectivity index (χ3v) is 9.35. The van der Waals surface area contributed by atoms with Gasteiger partial charge < -0.3 is 8.83 Å². The Kier molecular flexibility index (Phi) is 6.42. The minimum Gasteiger partial charge on any atom is -0.456 e. The number of benzene rings is 7. The molecule has 0 aliphatic rings. The van der Waals surface area contributed by atoms with Gasteiger partial charge in [-0.05, 0) is 58.7 Å². The molecular weight excluding hydrogens is 615 g/mol. The highest BCUT2D eigenvalue weighted by atomic mass is 16.3. The summed E-state index contributed by atoms with van der Waals surface area (Å²) in [6.07, 6.45) is 0. The molecule has 10 aromatic rings. The van der Waals surface area contributed by atoms with Gasteiger partial charge in [-0.1, -0.05) is 127 Å². The zero-order valence-corrected chi connectivity index (χ0v) is 26.7. The number of fused-ring (bicyclic) bond motifs is 6. The molecule has 0 radical (unpaired) electrons. The van der Waals surface area contributed by atoms with Gasteiger partial charge in [-0.25, -0.2) is 15.0 Å². The summed E-state index contributed by atoms with van der Waals surface area (Å²) in [4.78, 5) is 15.0. The molecule has 0 N–H and O–H groups in total. The molecule has 5 heteroatoms. The van der Waals surface area contributed by atoms with E-state index in [1.807, 2.05) is 84.9 Å². The van der Waals surface area contributed by atoms with Crippen molar-refractivity contribution in [3.8, 4) is 56.4 Å². The van der Waals surface area contributed by atoms with E-state index in [0.29, 0.717) is 17.5 Å². The number of hydrogen-bond donors (Lipinski definition) is 0. The maximum absolute atomic E-state index is 6.45. The van der Waals surface area contributed by atoms with Crippen molar-refractivity contribution in [3.05, 3.63) is 164 Å². The Balaban J connectivity index is 1.18. The first-order valence-corrected chi connectivity index (χ1v) is 16.6. The first-order chi connectivity index (χ1) is 24.8. The third-order valence-electron chi connectivity index (χ3n) is 9.35. The van der Waals surface area contributed by atoms with Crippen LogP contribution < -0.4 is 0 Å². The zero-order valence-electron chi connectivity index (χ0n) is 26.7. The summed E-state index contributed by atoms with van der Waals surface area (Å²) in [5, 5.41) is 4.13. The van der Waals surface area contributed by atoms with Crippen LogP contribution in [-0.2, 0) is 0 Å². The molecule has 50 heavy (non-hydrogen) atoms. The normalized spacial score (nSPS) is 11.6. The number of furan rings is 2. The summed E-state index contributed by atoms with van der Waals surface area (Å²) in [6, 6.07) is 55.7. The fourth-order valence-corrected chi connectivity index (χ4v) is 6.99. The quantitative estimate of drug-likeness (QED) is 0.187.